The standard InChI is InChI=1S/C25H32O3/c1-17-12-14-22(27-5)20(15-17)24(26)28-23-16-18(2)11-13-21(23)25(3,4)19-9-7-6-8-10-19/h6-10,12,14-15,18,21,23H,11,13,16H2,1-5H3/t18-,21-,23-/m1/s1. The number of benzene rings is 2. The Kier molecular flexibility index (Phi) is 6.12. The fourth-order valence-electron chi connectivity index (χ4n) is 4.55. The van der Waals surface area contributed by atoms with E-state index in [0.717, 1.165) is 18.4 Å². The first-order valence-electron chi connectivity index (χ1n) is 10.2. The molecule has 0 amide bonds. The lowest BCUT2D eigenvalue weighted by molar-refractivity contribution is -0.0238. The Labute approximate surface area is 169 Å². The average Bonchev–Trinajstić information content (AvgIpc) is 2.68. The van der Waals surface area contributed by atoms with Crippen molar-refractivity contribution < 1.29 is 14.3 Å². The smallest absolute Gasteiger partial charge is 0.342 e. The van der Waals surface area contributed by atoms with Crippen LogP contribution in [0.15, 0.2) is 48.5 Å². The Balaban J connectivity index is 1.87. The molecule has 0 aliphatic heterocycles. The van der Waals surface area contributed by atoms with Gasteiger partial charge in [-0.15, -0.1) is 0 Å². The van der Waals surface area contributed by atoms with Crippen molar-refractivity contribution in [1.29, 1.82) is 0 Å². The summed E-state index contributed by atoms with van der Waals surface area (Å²) in [5.74, 6) is 1.12. The summed E-state index contributed by atoms with van der Waals surface area (Å²) in [5.41, 5.74) is 2.76. The molecule has 3 heteroatoms. The van der Waals surface area contributed by atoms with Crippen LogP contribution in [0, 0.1) is 18.8 Å². The summed E-state index contributed by atoms with van der Waals surface area (Å²) >= 11 is 0. The lowest BCUT2D eigenvalue weighted by Crippen LogP contribution is -2.43. The zero-order chi connectivity index (χ0) is 20.3. The number of ether oxygens (including phenoxy) is 2. The molecule has 0 spiro atoms. The molecule has 28 heavy (non-hydrogen) atoms. The minimum atomic E-state index is -0.284. The van der Waals surface area contributed by atoms with E-state index in [-0.39, 0.29) is 23.4 Å². The number of rotatable bonds is 5. The minimum absolute atomic E-state index is 0.0664. The van der Waals surface area contributed by atoms with Gasteiger partial charge in [0.25, 0.3) is 0 Å². The van der Waals surface area contributed by atoms with Gasteiger partial charge < -0.3 is 9.47 Å². The third-order valence-corrected chi connectivity index (χ3v) is 6.33. The summed E-state index contributed by atoms with van der Waals surface area (Å²) in [5, 5.41) is 0. The molecule has 1 aliphatic rings. The van der Waals surface area contributed by atoms with Crippen molar-refractivity contribution in [2.75, 3.05) is 7.11 Å². The van der Waals surface area contributed by atoms with Gasteiger partial charge in [0.1, 0.15) is 17.4 Å². The fourth-order valence-corrected chi connectivity index (χ4v) is 4.55. The highest BCUT2D eigenvalue weighted by Crippen LogP contribution is 2.44. The number of carbonyl (C=O) groups is 1. The summed E-state index contributed by atoms with van der Waals surface area (Å²) in [7, 11) is 1.59. The van der Waals surface area contributed by atoms with Crippen LogP contribution in [0.1, 0.15) is 61.5 Å². The van der Waals surface area contributed by atoms with Crippen molar-refractivity contribution in [3.63, 3.8) is 0 Å². The van der Waals surface area contributed by atoms with E-state index in [1.807, 2.05) is 31.2 Å². The molecule has 3 nitrogen and oxygen atoms in total. The van der Waals surface area contributed by atoms with Crippen LogP contribution < -0.4 is 4.74 Å². The van der Waals surface area contributed by atoms with E-state index in [9.17, 15) is 4.79 Å². The van der Waals surface area contributed by atoms with E-state index in [1.165, 1.54) is 12.0 Å². The van der Waals surface area contributed by atoms with Gasteiger partial charge in [-0.1, -0.05) is 69.2 Å². The van der Waals surface area contributed by atoms with Crippen LogP contribution in [0.4, 0.5) is 0 Å². The van der Waals surface area contributed by atoms with Gasteiger partial charge in [0.2, 0.25) is 0 Å². The second-order valence-electron chi connectivity index (χ2n) is 8.76. The average molecular weight is 381 g/mol. The molecule has 2 aromatic carbocycles. The second kappa shape index (κ2) is 8.38. The maximum Gasteiger partial charge on any atom is 0.342 e. The number of methoxy groups -OCH3 is 1. The van der Waals surface area contributed by atoms with Crippen LogP contribution in [-0.4, -0.2) is 19.2 Å². The van der Waals surface area contributed by atoms with Crippen LogP contribution in [0.25, 0.3) is 0 Å². The van der Waals surface area contributed by atoms with Crippen LogP contribution in [0.5, 0.6) is 5.75 Å². The molecule has 1 fully saturated rings. The minimum Gasteiger partial charge on any atom is -0.496 e. The maximum absolute atomic E-state index is 13.1. The van der Waals surface area contributed by atoms with Crippen LogP contribution >= 0.6 is 0 Å². The molecule has 0 saturated heterocycles. The van der Waals surface area contributed by atoms with Crippen molar-refractivity contribution in [2.45, 2.75) is 58.5 Å². The number of hydrogen-bond donors (Lipinski definition) is 0. The molecule has 0 radical (unpaired) electrons. The Morgan fingerprint density at radius 3 is 2.46 bits per heavy atom. The molecular weight excluding hydrogens is 348 g/mol. The molecule has 0 unspecified atom stereocenters. The fraction of sp³-hybridized carbons (Fsp3) is 0.480. The van der Waals surface area contributed by atoms with Crippen molar-refractivity contribution in [1.82, 2.24) is 0 Å². The summed E-state index contributed by atoms with van der Waals surface area (Å²) in [6.07, 6.45) is 3.03. The Morgan fingerprint density at radius 1 is 1.07 bits per heavy atom. The van der Waals surface area contributed by atoms with E-state index in [1.54, 1.807) is 7.11 Å². The molecule has 3 rings (SSSR count). The van der Waals surface area contributed by atoms with Gasteiger partial charge in [-0.05, 0) is 48.8 Å². The Hall–Kier alpha value is -2.29. The van der Waals surface area contributed by atoms with Crippen molar-refractivity contribution >= 4 is 5.97 Å². The highest BCUT2D eigenvalue weighted by atomic mass is 16.5. The summed E-state index contributed by atoms with van der Waals surface area (Å²) in [4.78, 5) is 13.1. The quantitative estimate of drug-likeness (QED) is 0.602. The first-order valence-corrected chi connectivity index (χ1v) is 10.2. The van der Waals surface area contributed by atoms with Gasteiger partial charge in [0.15, 0.2) is 0 Å². The third-order valence-electron chi connectivity index (χ3n) is 6.33. The van der Waals surface area contributed by atoms with Crippen LogP contribution in [0.2, 0.25) is 0 Å². The maximum atomic E-state index is 13.1. The highest BCUT2D eigenvalue weighted by molar-refractivity contribution is 5.92. The van der Waals surface area contributed by atoms with E-state index < -0.39 is 0 Å². The largest absolute Gasteiger partial charge is 0.496 e. The monoisotopic (exact) mass is 380 g/mol. The van der Waals surface area contributed by atoms with Gasteiger partial charge in [0.05, 0.1) is 7.11 Å². The lowest BCUT2D eigenvalue weighted by atomic mass is 9.64. The summed E-state index contributed by atoms with van der Waals surface area (Å²) < 4.78 is 11.5. The molecule has 0 bridgehead atoms. The van der Waals surface area contributed by atoms with Crippen LogP contribution in [-0.2, 0) is 10.2 Å². The van der Waals surface area contributed by atoms with E-state index >= 15 is 0 Å². The zero-order valence-corrected chi connectivity index (χ0v) is 17.7. The predicted octanol–water partition coefficient (Wildman–Crippen LogP) is 5.94. The van der Waals surface area contributed by atoms with Crippen molar-refractivity contribution in [2.24, 2.45) is 11.8 Å². The molecular formula is C25H32O3. The SMILES string of the molecule is COc1ccc(C)cc1C(=O)O[C@@H]1C[C@H](C)CC[C@H]1C(C)(C)c1ccccc1. The van der Waals surface area contributed by atoms with Gasteiger partial charge in [-0.3, -0.25) is 0 Å². The molecule has 1 aliphatic carbocycles. The first kappa shape index (κ1) is 20.4. The summed E-state index contributed by atoms with van der Waals surface area (Å²) in [6.45, 7) is 8.77. The van der Waals surface area contributed by atoms with E-state index in [2.05, 4.69) is 45.0 Å². The van der Waals surface area contributed by atoms with Crippen LogP contribution in [0.3, 0.4) is 0 Å². The molecule has 0 heterocycles. The molecule has 1 saturated carbocycles. The first-order chi connectivity index (χ1) is 13.3. The van der Waals surface area contributed by atoms with Crippen molar-refractivity contribution in [3.8, 4) is 5.75 Å². The highest BCUT2D eigenvalue weighted by Gasteiger charge is 2.42. The third kappa shape index (κ3) is 4.24. The molecule has 0 aromatic heterocycles. The van der Waals surface area contributed by atoms with Gasteiger partial charge in [-0.25, -0.2) is 4.79 Å². The van der Waals surface area contributed by atoms with E-state index in [4.69, 9.17) is 9.47 Å². The number of aryl methyl sites for hydroxylation is 1. The topological polar surface area (TPSA) is 35.5 Å². The second-order valence-corrected chi connectivity index (χ2v) is 8.76. The zero-order valence-electron chi connectivity index (χ0n) is 17.7. The lowest BCUT2D eigenvalue weighted by Gasteiger charge is -2.44. The number of carbonyl (C=O) groups excluding carboxylic acids is 1. The number of esters is 1. The molecule has 150 valence electrons. The normalized spacial score (nSPS) is 22.5. The van der Waals surface area contributed by atoms with Gasteiger partial charge in [-0.2, -0.15) is 0 Å². The molecule has 2 aromatic rings. The predicted molar refractivity (Wildman–Crippen MR) is 113 cm³/mol. The molecule has 0 N–H and O–H groups in total. The number of hydrogen-bond acceptors (Lipinski definition) is 3. The van der Waals surface area contributed by atoms with E-state index in [0.29, 0.717) is 17.2 Å². The van der Waals surface area contributed by atoms with Gasteiger partial charge >= 0.3 is 5.97 Å². The molecule has 3 atom stereocenters. The Morgan fingerprint density at radius 2 is 1.79 bits per heavy atom. The van der Waals surface area contributed by atoms with Crippen molar-refractivity contribution in [3.05, 3.63) is 65.2 Å². The van der Waals surface area contributed by atoms with Gasteiger partial charge in [0, 0.05) is 5.92 Å². The Bertz CT molecular complexity index is 810. The summed E-state index contributed by atoms with van der Waals surface area (Å²) in [6, 6.07) is 16.2.